The molecule has 2 unspecified atom stereocenters. The van der Waals surface area contributed by atoms with Crippen LogP contribution in [0.4, 0.5) is 0 Å². The molecule has 2 aliphatic heterocycles. The summed E-state index contributed by atoms with van der Waals surface area (Å²) in [4.78, 5) is 0. The third-order valence-electron chi connectivity index (χ3n) is 2.56. The van der Waals surface area contributed by atoms with Crippen LogP contribution in [0, 0.1) is 0 Å². The minimum atomic E-state index is 0.492. The summed E-state index contributed by atoms with van der Waals surface area (Å²) in [5.74, 6) is 0. The van der Waals surface area contributed by atoms with Crippen LogP contribution in [-0.2, 0) is 0 Å². The van der Waals surface area contributed by atoms with Gasteiger partial charge in [-0.3, -0.25) is 0 Å². The summed E-state index contributed by atoms with van der Waals surface area (Å²) >= 11 is 2.48. The first-order valence-electron chi connectivity index (χ1n) is 3.93. The molecule has 0 aliphatic carbocycles. The highest BCUT2D eigenvalue weighted by molar-refractivity contribution is 14.1. The fourth-order valence-corrected chi connectivity index (χ4v) is 3.05. The van der Waals surface area contributed by atoms with Gasteiger partial charge in [0.2, 0.25) is 0 Å². The molecule has 2 fully saturated rings. The molecule has 0 aromatic heterocycles. The summed E-state index contributed by atoms with van der Waals surface area (Å²) in [5.41, 5.74) is 0.492. The molecule has 2 nitrogen and oxygen atoms in total. The van der Waals surface area contributed by atoms with Crippen molar-refractivity contribution in [3.05, 3.63) is 0 Å². The first-order chi connectivity index (χ1) is 4.81. The molecule has 2 saturated heterocycles. The van der Waals surface area contributed by atoms with Gasteiger partial charge in [-0.15, -0.1) is 0 Å². The lowest BCUT2D eigenvalue weighted by Crippen LogP contribution is -2.41. The van der Waals surface area contributed by atoms with Crippen LogP contribution in [0.1, 0.15) is 19.3 Å². The molecule has 0 aromatic carbocycles. The monoisotopic (exact) mass is 252 g/mol. The van der Waals surface area contributed by atoms with Crippen molar-refractivity contribution in [3.8, 4) is 0 Å². The summed E-state index contributed by atoms with van der Waals surface area (Å²) in [6.45, 7) is 2.41. The van der Waals surface area contributed by atoms with Crippen LogP contribution in [0.2, 0.25) is 0 Å². The predicted molar refractivity (Wildman–Crippen MR) is 50.4 cm³/mol. The zero-order chi connectivity index (χ0) is 7.03. The number of halogens is 1. The van der Waals surface area contributed by atoms with Crippen molar-refractivity contribution in [2.24, 2.45) is 0 Å². The second-order valence-electron chi connectivity index (χ2n) is 3.36. The Kier molecular flexibility index (Phi) is 1.90. The molecule has 2 rings (SSSR count). The van der Waals surface area contributed by atoms with Crippen molar-refractivity contribution in [1.29, 1.82) is 0 Å². The quantitative estimate of drug-likeness (QED) is 0.379. The maximum absolute atomic E-state index is 3.60. The third kappa shape index (κ3) is 1.19. The smallest absolute Gasteiger partial charge is 0.0612 e. The van der Waals surface area contributed by atoms with E-state index in [-0.39, 0.29) is 0 Å². The SMILES string of the molecule is IC1CC2(CCCN2)CN1. The molecule has 2 N–H and O–H groups in total. The van der Waals surface area contributed by atoms with Gasteiger partial charge in [0.05, 0.1) is 4.05 Å². The Bertz CT molecular complexity index is 132. The Hall–Kier alpha value is 0.650. The Labute approximate surface area is 75.3 Å². The van der Waals surface area contributed by atoms with Gasteiger partial charge in [-0.1, -0.05) is 22.6 Å². The van der Waals surface area contributed by atoms with Crippen molar-refractivity contribution >= 4 is 22.6 Å². The van der Waals surface area contributed by atoms with E-state index in [2.05, 4.69) is 33.2 Å². The second-order valence-corrected chi connectivity index (χ2v) is 4.87. The molecule has 0 saturated carbocycles. The minimum absolute atomic E-state index is 0.492. The van der Waals surface area contributed by atoms with E-state index in [1.165, 1.54) is 32.4 Å². The van der Waals surface area contributed by atoms with Gasteiger partial charge in [-0.25, -0.2) is 0 Å². The van der Waals surface area contributed by atoms with E-state index in [0.29, 0.717) is 9.59 Å². The molecule has 58 valence electrons. The van der Waals surface area contributed by atoms with Crippen molar-refractivity contribution < 1.29 is 0 Å². The molecule has 10 heavy (non-hydrogen) atoms. The maximum atomic E-state index is 3.60. The summed E-state index contributed by atoms with van der Waals surface area (Å²) in [7, 11) is 0. The number of rotatable bonds is 0. The van der Waals surface area contributed by atoms with Crippen molar-refractivity contribution in [2.75, 3.05) is 13.1 Å². The van der Waals surface area contributed by atoms with Crippen LogP contribution in [-0.4, -0.2) is 22.7 Å². The van der Waals surface area contributed by atoms with Gasteiger partial charge in [0.15, 0.2) is 0 Å². The Morgan fingerprint density at radius 1 is 1.50 bits per heavy atom. The fraction of sp³-hybridized carbons (Fsp3) is 1.00. The van der Waals surface area contributed by atoms with Crippen LogP contribution in [0.5, 0.6) is 0 Å². The van der Waals surface area contributed by atoms with Gasteiger partial charge in [0.1, 0.15) is 0 Å². The topological polar surface area (TPSA) is 24.1 Å². The van der Waals surface area contributed by atoms with Crippen LogP contribution in [0.3, 0.4) is 0 Å². The van der Waals surface area contributed by atoms with Crippen molar-refractivity contribution in [3.63, 3.8) is 0 Å². The standard InChI is InChI=1S/C7H13IN2/c8-6-4-7(5-9-6)2-1-3-10-7/h6,9-10H,1-5H2. The number of hydrogen-bond acceptors (Lipinski definition) is 2. The molecule has 2 aliphatic rings. The minimum Gasteiger partial charge on any atom is -0.310 e. The Balaban J connectivity index is 2.03. The van der Waals surface area contributed by atoms with Gasteiger partial charge in [0.25, 0.3) is 0 Å². The third-order valence-corrected chi connectivity index (χ3v) is 3.44. The first-order valence-corrected chi connectivity index (χ1v) is 5.18. The van der Waals surface area contributed by atoms with Crippen LogP contribution < -0.4 is 10.6 Å². The fourth-order valence-electron chi connectivity index (χ4n) is 1.99. The lowest BCUT2D eigenvalue weighted by atomic mass is 9.97. The highest BCUT2D eigenvalue weighted by Gasteiger charge is 2.39. The summed E-state index contributed by atoms with van der Waals surface area (Å²) in [6.07, 6.45) is 4.05. The van der Waals surface area contributed by atoms with Crippen molar-refractivity contribution in [1.82, 2.24) is 10.6 Å². The molecule has 0 radical (unpaired) electrons. The lowest BCUT2D eigenvalue weighted by molar-refractivity contribution is 0.413. The lowest BCUT2D eigenvalue weighted by Gasteiger charge is -2.21. The number of alkyl halides is 1. The zero-order valence-corrected chi connectivity index (χ0v) is 8.15. The highest BCUT2D eigenvalue weighted by atomic mass is 127. The van der Waals surface area contributed by atoms with Gasteiger partial charge in [-0.05, 0) is 25.8 Å². The molecule has 2 heterocycles. The molecular formula is C7H13IN2. The largest absolute Gasteiger partial charge is 0.310 e. The van der Waals surface area contributed by atoms with E-state index in [9.17, 15) is 0 Å². The van der Waals surface area contributed by atoms with E-state index in [1.54, 1.807) is 0 Å². The highest BCUT2D eigenvalue weighted by Crippen LogP contribution is 2.30. The molecular weight excluding hydrogens is 239 g/mol. The number of nitrogens with one attached hydrogen (secondary N) is 2. The normalized spacial score (nSPS) is 47.1. The van der Waals surface area contributed by atoms with E-state index in [4.69, 9.17) is 0 Å². The van der Waals surface area contributed by atoms with Crippen LogP contribution in [0.25, 0.3) is 0 Å². The number of hydrogen-bond donors (Lipinski definition) is 2. The van der Waals surface area contributed by atoms with E-state index in [0.717, 1.165) is 0 Å². The Morgan fingerprint density at radius 3 is 2.90 bits per heavy atom. The zero-order valence-electron chi connectivity index (χ0n) is 5.99. The van der Waals surface area contributed by atoms with E-state index in [1.807, 2.05) is 0 Å². The van der Waals surface area contributed by atoms with Gasteiger partial charge >= 0.3 is 0 Å². The van der Waals surface area contributed by atoms with Gasteiger partial charge in [-0.2, -0.15) is 0 Å². The molecule has 0 aromatic rings. The second kappa shape index (κ2) is 2.60. The van der Waals surface area contributed by atoms with E-state index < -0.39 is 0 Å². The molecule has 0 amide bonds. The maximum Gasteiger partial charge on any atom is 0.0612 e. The first kappa shape index (κ1) is 7.31. The van der Waals surface area contributed by atoms with Crippen molar-refractivity contribution in [2.45, 2.75) is 28.8 Å². The average Bonchev–Trinajstić information content (AvgIpc) is 2.46. The molecule has 1 spiro atoms. The summed E-state index contributed by atoms with van der Waals surface area (Å²) < 4.78 is 0.697. The van der Waals surface area contributed by atoms with Gasteiger partial charge < -0.3 is 10.6 Å². The van der Waals surface area contributed by atoms with Crippen LogP contribution in [0.15, 0.2) is 0 Å². The molecule has 0 bridgehead atoms. The Morgan fingerprint density at radius 2 is 2.40 bits per heavy atom. The average molecular weight is 252 g/mol. The predicted octanol–water partition coefficient (Wildman–Crippen LogP) is 0.863. The van der Waals surface area contributed by atoms with Gasteiger partial charge in [0, 0.05) is 12.1 Å². The summed E-state index contributed by atoms with van der Waals surface area (Å²) in [6, 6.07) is 0. The summed E-state index contributed by atoms with van der Waals surface area (Å²) in [5, 5.41) is 7.07. The van der Waals surface area contributed by atoms with Crippen LogP contribution >= 0.6 is 22.6 Å². The molecule has 2 atom stereocenters. The van der Waals surface area contributed by atoms with E-state index >= 15 is 0 Å². The molecule has 3 heteroatoms.